The van der Waals surface area contributed by atoms with Crippen molar-refractivity contribution in [2.24, 2.45) is 5.92 Å². The molecule has 0 unspecified atom stereocenters. The molecular weight excluding hydrogens is 250 g/mol. The van der Waals surface area contributed by atoms with Gasteiger partial charge in [0.25, 0.3) is 0 Å². The van der Waals surface area contributed by atoms with Gasteiger partial charge in [-0.15, -0.1) is 0 Å². The summed E-state index contributed by atoms with van der Waals surface area (Å²) in [6.45, 7) is 6.82. The molecule has 0 radical (unpaired) electrons. The molecule has 2 aromatic rings. The molecule has 0 aromatic carbocycles. The number of pyridine rings is 1. The maximum atomic E-state index is 11.9. The molecule has 2 rings (SSSR count). The van der Waals surface area contributed by atoms with Crippen LogP contribution in [0.1, 0.15) is 38.1 Å². The minimum Gasteiger partial charge on any atom is -0.355 e. The first-order chi connectivity index (χ1) is 9.65. The second kappa shape index (κ2) is 6.55. The van der Waals surface area contributed by atoms with Crippen LogP contribution in [0, 0.1) is 12.8 Å². The van der Waals surface area contributed by atoms with Crippen molar-refractivity contribution in [1.29, 1.82) is 0 Å². The second-order valence-corrected chi connectivity index (χ2v) is 5.18. The monoisotopic (exact) mass is 273 g/mol. The van der Waals surface area contributed by atoms with Crippen LogP contribution in [-0.4, -0.2) is 21.8 Å². The number of aryl methyl sites for hydroxylation is 1. The van der Waals surface area contributed by atoms with Crippen molar-refractivity contribution < 1.29 is 4.79 Å². The van der Waals surface area contributed by atoms with Crippen molar-refractivity contribution in [2.75, 3.05) is 6.54 Å². The largest absolute Gasteiger partial charge is 0.355 e. The summed E-state index contributed by atoms with van der Waals surface area (Å²) in [5.74, 6) is 0.299. The smallest absolute Gasteiger partial charge is 0.223 e. The Bertz CT molecular complexity index is 584. The third kappa shape index (κ3) is 3.18. The highest BCUT2D eigenvalue weighted by atomic mass is 16.1. The van der Waals surface area contributed by atoms with E-state index >= 15 is 0 Å². The van der Waals surface area contributed by atoms with E-state index < -0.39 is 0 Å². The Labute approximate surface area is 120 Å². The van der Waals surface area contributed by atoms with E-state index in [9.17, 15) is 4.79 Å². The molecule has 20 heavy (non-hydrogen) atoms. The summed E-state index contributed by atoms with van der Waals surface area (Å²) in [6.07, 6.45) is 4.62. The highest BCUT2D eigenvalue weighted by Crippen LogP contribution is 2.09. The summed E-state index contributed by atoms with van der Waals surface area (Å²) in [4.78, 5) is 16.5. The molecular formula is C16H23N3O. The predicted molar refractivity (Wildman–Crippen MR) is 80.7 cm³/mol. The van der Waals surface area contributed by atoms with E-state index in [0.717, 1.165) is 30.6 Å². The molecule has 0 aliphatic heterocycles. The summed E-state index contributed by atoms with van der Waals surface area (Å²) >= 11 is 0. The summed E-state index contributed by atoms with van der Waals surface area (Å²) in [6, 6.07) is 6.07. The van der Waals surface area contributed by atoms with E-state index in [-0.39, 0.29) is 11.8 Å². The van der Waals surface area contributed by atoms with Gasteiger partial charge in [-0.2, -0.15) is 0 Å². The normalized spacial score (nSPS) is 11.2. The van der Waals surface area contributed by atoms with Crippen LogP contribution in [0.2, 0.25) is 0 Å². The van der Waals surface area contributed by atoms with Crippen molar-refractivity contribution in [3.05, 3.63) is 35.8 Å². The average Bonchev–Trinajstić information content (AvgIpc) is 2.84. The number of aromatic nitrogens is 2. The van der Waals surface area contributed by atoms with E-state index in [0.29, 0.717) is 6.54 Å². The van der Waals surface area contributed by atoms with Gasteiger partial charge in [0, 0.05) is 30.8 Å². The molecule has 4 nitrogen and oxygen atoms in total. The van der Waals surface area contributed by atoms with Crippen LogP contribution in [0.4, 0.5) is 0 Å². The molecule has 0 bridgehead atoms. The maximum absolute atomic E-state index is 11.9. The van der Waals surface area contributed by atoms with Crippen molar-refractivity contribution >= 4 is 11.6 Å². The quantitative estimate of drug-likeness (QED) is 0.879. The Hall–Kier alpha value is -1.84. The van der Waals surface area contributed by atoms with Crippen LogP contribution in [-0.2, 0) is 11.2 Å². The number of nitrogens with one attached hydrogen (secondary N) is 1. The lowest BCUT2D eigenvalue weighted by Crippen LogP contribution is -2.31. The number of fused-ring (bicyclic) bond motifs is 1. The number of carbonyl (C=O) groups is 1. The summed E-state index contributed by atoms with van der Waals surface area (Å²) in [5.41, 5.74) is 3.15. The molecule has 0 spiro atoms. The minimum atomic E-state index is 0.137. The van der Waals surface area contributed by atoms with Gasteiger partial charge in [-0.05, 0) is 31.9 Å². The Morgan fingerprint density at radius 2 is 2.10 bits per heavy atom. The third-order valence-electron chi connectivity index (χ3n) is 3.78. The highest BCUT2D eigenvalue weighted by Gasteiger charge is 2.13. The van der Waals surface area contributed by atoms with Gasteiger partial charge in [0.1, 0.15) is 5.65 Å². The molecule has 0 aliphatic rings. The summed E-state index contributed by atoms with van der Waals surface area (Å²) in [5, 5.41) is 3.00. The number of rotatable bonds is 6. The van der Waals surface area contributed by atoms with Crippen LogP contribution in [0.25, 0.3) is 5.65 Å². The standard InChI is InChI=1S/C16H23N3O/c1-4-13(5-2)16(20)17-10-9-14-11-19-12(3)7-6-8-15(19)18-14/h6-8,11,13H,4-5,9-10H2,1-3H3,(H,17,20). The van der Waals surface area contributed by atoms with Gasteiger partial charge in [-0.1, -0.05) is 19.9 Å². The number of imidazole rings is 1. The van der Waals surface area contributed by atoms with E-state index in [2.05, 4.69) is 41.5 Å². The van der Waals surface area contributed by atoms with Crippen LogP contribution >= 0.6 is 0 Å². The van der Waals surface area contributed by atoms with Gasteiger partial charge in [-0.3, -0.25) is 4.79 Å². The minimum absolute atomic E-state index is 0.137. The number of nitrogens with zero attached hydrogens (tertiary/aromatic N) is 2. The first kappa shape index (κ1) is 14.6. The Morgan fingerprint density at radius 1 is 1.35 bits per heavy atom. The van der Waals surface area contributed by atoms with Crippen molar-refractivity contribution in [2.45, 2.75) is 40.0 Å². The van der Waals surface area contributed by atoms with Crippen LogP contribution in [0.5, 0.6) is 0 Å². The molecule has 0 saturated heterocycles. The van der Waals surface area contributed by atoms with Gasteiger partial charge in [0.05, 0.1) is 5.69 Å². The fourth-order valence-corrected chi connectivity index (χ4v) is 2.44. The fraction of sp³-hybridized carbons (Fsp3) is 0.500. The topological polar surface area (TPSA) is 46.4 Å². The number of hydrogen-bond donors (Lipinski definition) is 1. The molecule has 4 heteroatoms. The average molecular weight is 273 g/mol. The van der Waals surface area contributed by atoms with Crippen LogP contribution < -0.4 is 5.32 Å². The van der Waals surface area contributed by atoms with E-state index in [4.69, 9.17) is 0 Å². The van der Waals surface area contributed by atoms with Crippen molar-refractivity contribution in [3.8, 4) is 0 Å². The SMILES string of the molecule is CCC(CC)C(=O)NCCc1cn2c(C)cccc2n1. The van der Waals surface area contributed by atoms with Gasteiger partial charge in [0.15, 0.2) is 0 Å². The van der Waals surface area contributed by atoms with Crippen molar-refractivity contribution in [1.82, 2.24) is 14.7 Å². The summed E-state index contributed by atoms with van der Waals surface area (Å²) in [7, 11) is 0. The molecule has 1 N–H and O–H groups in total. The second-order valence-electron chi connectivity index (χ2n) is 5.18. The molecule has 2 aromatic heterocycles. The lowest BCUT2D eigenvalue weighted by Gasteiger charge is -2.11. The molecule has 0 aliphatic carbocycles. The molecule has 108 valence electrons. The van der Waals surface area contributed by atoms with E-state index in [1.54, 1.807) is 0 Å². The predicted octanol–water partition coefficient (Wildman–Crippen LogP) is 2.74. The maximum Gasteiger partial charge on any atom is 0.223 e. The van der Waals surface area contributed by atoms with Crippen LogP contribution in [0.3, 0.4) is 0 Å². The van der Waals surface area contributed by atoms with Crippen molar-refractivity contribution in [3.63, 3.8) is 0 Å². The highest BCUT2D eigenvalue weighted by molar-refractivity contribution is 5.78. The van der Waals surface area contributed by atoms with Crippen LogP contribution in [0.15, 0.2) is 24.4 Å². The zero-order valence-electron chi connectivity index (χ0n) is 12.5. The first-order valence-corrected chi connectivity index (χ1v) is 7.37. The molecule has 0 fully saturated rings. The summed E-state index contributed by atoms with van der Waals surface area (Å²) < 4.78 is 2.08. The zero-order chi connectivity index (χ0) is 14.5. The van der Waals surface area contributed by atoms with Gasteiger partial charge < -0.3 is 9.72 Å². The molecule has 1 amide bonds. The third-order valence-corrected chi connectivity index (χ3v) is 3.78. The fourth-order valence-electron chi connectivity index (χ4n) is 2.44. The number of carbonyl (C=O) groups excluding carboxylic acids is 1. The Morgan fingerprint density at radius 3 is 2.75 bits per heavy atom. The Kier molecular flexibility index (Phi) is 4.77. The van der Waals surface area contributed by atoms with Gasteiger partial charge in [0.2, 0.25) is 5.91 Å². The van der Waals surface area contributed by atoms with Gasteiger partial charge >= 0.3 is 0 Å². The lowest BCUT2D eigenvalue weighted by molar-refractivity contribution is -0.125. The van der Waals surface area contributed by atoms with Gasteiger partial charge in [-0.25, -0.2) is 4.98 Å². The lowest BCUT2D eigenvalue weighted by atomic mass is 10.0. The van der Waals surface area contributed by atoms with E-state index in [1.807, 2.05) is 18.3 Å². The molecule has 2 heterocycles. The zero-order valence-corrected chi connectivity index (χ0v) is 12.5. The molecule has 0 saturated carbocycles. The van der Waals surface area contributed by atoms with E-state index in [1.165, 1.54) is 5.69 Å². The molecule has 0 atom stereocenters. The number of amides is 1. The number of hydrogen-bond acceptors (Lipinski definition) is 2. The Balaban J connectivity index is 1.93. The first-order valence-electron chi connectivity index (χ1n) is 7.37.